The third-order valence-electron chi connectivity index (χ3n) is 2.99. The molecule has 0 bridgehead atoms. The second-order valence-corrected chi connectivity index (χ2v) is 6.48. The fraction of sp³-hybridized carbons (Fsp3) is 0.786. The SMILES string of the molecule is Cc1nc(C)c(C(C)NCCCCC(C)C)s1. The van der Waals surface area contributed by atoms with Crippen molar-refractivity contribution in [2.24, 2.45) is 5.92 Å². The molecule has 3 heteroatoms. The zero-order chi connectivity index (χ0) is 12.8. The number of thiazole rings is 1. The van der Waals surface area contributed by atoms with Crippen LogP contribution in [0.15, 0.2) is 0 Å². The molecule has 98 valence electrons. The van der Waals surface area contributed by atoms with E-state index < -0.39 is 0 Å². The molecule has 0 amide bonds. The molecule has 17 heavy (non-hydrogen) atoms. The molecule has 0 spiro atoms. The van der Waals surface area contributed by atoms with Crippen molar-refractivity contribution in [2.75, 3.05) is 6.54 Å². The minimum absolute atomic E-state index is 0.445. The van der Waals surface area contributed by atoms with Crippen molar-refractivity contribution in [2.45, 2.75) is 59.9 Å². The summed E-state index contributed by atoms with van der Waals surface area (Å²) in [6.07, 6.45) is 3.95. The fourth-order valence-electron chi connectivity index (χ4n) is 2.04. The van der Waals surface area contributed by atoms with E-state index in [2.05, 4.69) is 44.9 Å². The van der Waals surface area contributed by atoms with Gasteiger partial charge in [0.2, 0.25) is 0 Å². The fourth-order valence-corrected chi connectivity index (χ4v) is 2.99. The normalized spacial score (nSPS) is 13.3. The van der Waals surface area contributed by atoms with Crippen molar-refractivity contribution in [3.05, 3.63) is 15.6 Å². The van der Waals surface area contributed by atoms with Crippen molar-refractivity contribution >= 4 is 11.3 Å². The van der Waals surface area contributed by atoms with E-state index in [1.165, 1.54) is 34.8 Å². The lowest BCUT2D eigenvalue weighted by molar-refractivity contribution is 0.499. The van der Waals surface area contributed by atoms with Crippen molar-refractivity contribution in [3.8, 4) is 0 Å². The third kappa shape index (κ3) is 5.17. The summed E-state index contributed by atoms with van der Waals surface area (Å²) in [5, 5.41) is 4.77. The number of aromatic nitrogens is 1. The number of rotatable bonds is 7. The maximum Gasteiger partial charge on any atom is 0.0900 e. The van der Waals surface area contributed by atoms with E-state index in [1.807, 2.05) is 11.3 Å². The molecule has 1 aromatic rings. The van der Waals surface area contributed by atoms with Gasteiger partial charge < -0.3 is 5.32 Å². The van der Waals surface area contributed by atoms with Crippen molar-refractivity contribution in [1.29, 1.82) is 0 Å². The summed E-state index contributed by atoms with van der Waals surface area (Å²) in [5.74, 6) is 0.832. The molecule has 1 rings (SSSR count). The summed E-state index contributed by atoms with van der Waals surface area (Å²) in [4.78, 5) is 5.87. The van der Waals surface area contributed by atoms with Crippen LogP contribution in [0.2, 0.25) is 0 Å². The summed E-state index contributed by atoms with van der Waals surface area (Å²) in [7, 11) is 0. The van der Waals surface area contributed by atoms with E-state index in [9.17, 15) is 0 Å². The lowest BCUT2D eigenvalue weighted by Crippen LogP contribution is -2.19. The van der Waals surface area contributed by atoms with Gasteiger partial charge in [0.15, 0.2) is 0 Å². The number of hydrogen-bond acceptors (Lipinski definition) is 3. The van der Waals surface area contributed by atoms with Crippen LogP contribution in [-0.4, -0.2) is 11.5 Å². The van der Waals surface area contributed by atoms with E-state index in [4.69, 9.17) is 0 Å². The highest BCUT2D eigenvalue weighted by molar-refractivity contribution is 7.11. The first kappa shape index (κ1) is 14.7. The van der Waals surface area contributed by atoms with Crippen LogP contribution < -0.4 is 5.32 Å². The molecule has 0 saturated heterocycles. The van der Waals surface area contributed by atoms with Crippen LogP contribution in [0, 0.1) is 19.8 Å². The first-order valence-electron chi connectivity index (χ1n) is 6.68. The Hall–Kier alpha value is -0.410. The molecule has 2 nitrogen and oxygen atoms in total. The highest BCUT2D eigenvalue weighted by atomic mass is 32.1. The molecule has 0 aliphatic rings. The molecule has 0 aliphatic heterocycles. The maximum atomic E-state index is 4.48. The minimum atomic E-state index is 0.445. The first-order valence-corrected chi connectivity index (χ1v) is 7.49. The van der Waals surface area contributed by atoms with Gasteiger partial charge in [-0.15, -0.1) is 11.3 Å². The van der Waals surface area contributed by atoms with E-state index >= 15 is 0 Å². The second-order valence-electron chi connectivity index (χ2n) is 5.25. The van der Waals surface area contributed by atoms with Crippen molar-refractivity contribution in [1.82, 2.24) is 10.3 Å². The van der Waals surface area contributed by atoms with E-state index in [1.54, 1.807) is 0 Å². The quantitative estimate of drug-likeness (QED) is 0.736. The van der Waals surface area contributed by atoms with Crippen LogP contribution in [0.25, 0.3) is 0 Å². The summed E-state index contributed by atoms with van der Waals surface area (Å²) < 4.78 is 0. The zero-order valence-electron chi connectivity index (χ0n) is 11.8. The Balaban J connectivity index is 2.25. The third-order valence-corrected chi connectivity index (χ3v) is 4.25. The van der Waals surface area contributed by atoms with Gasteiger partial charge in [0.05, 0.1) is 10.7 Å². The standard InChI is InChI=1S/C14H26N2S/c1-10(2)8-6-7-9-15-11(3)14-12(4)16-13(5)17-14/h10-11,15H,6-9H2,1-5H3. The molecule has 0 aliphatic carbocycles. The average Bonchev–Trinajstić information content (AvgIpc) is 2.56. The molecular weight excluding hydrogens is 228 g/mol. The maximum absolute atomic E-state index is 4.48. The highest BCUT2D eigenvalue weighted by Crippen LogP contribution is 2.24. The Morgan fingerprint density at radius 2 is 1.88 bits per heavy atom. The number of nitrogens with one attached hydrogen (secondary N) is 1. The molecule has 0 fully saturated rings. The molecule has 1 N–H and O–H groups in total. The predicted molar refractivity (Wildman–Crippen MR) is 76.7 cm³/mol. The molecule has 1 atom stereocenters. The van der Waals surface area contributed by atoms with Gasteiger partial charge in [0.25, 0.3) is 0 Å². The van der Waals surface area contributed by atoms with Gasteiger partial charge in [0.1, 0.15) is 0 Å². The Morgan fingerprint density at radius 1 is 1.18 bits per heavy atom. The highest BCUT2D eigenvalue weighted by Gasteiger charge is 2.11. The lowest BCUT2D eigenvalue weighted by atomic mass is 10.1. The Labute approximate surface area is 110 Å². The van der Waals surface area contributed by atoms with Gasteiger partial charge in [-0.05, 0) is 39.7 Å². The van der Waals surface area contributed by atoms with Gasteiger partial charge in [-0.1, -0.05) is 26.7 Å². The van der Waals surface area contributed by atoms with Crippen LogP contribution in [0.4, 0.5) is 0 Å². The van der Waals surface area contributed by atoms with Crippen LogP contribution in [0.3, 0.4) is 0 Å². The number of hydrogen-bond donors (Lipinski definition) is 1. The van der Waals surface area contributed by atoms with Crippen LogP contribution in [0.1, 0.15) is 61.7 Å². The Kier molecular flexibility index (Phi) is 6.14. The topological polar surface area (TPSA) is 24.9 Å². The number of nitrogens with zero attached hydrogens (tertiary/aromatic N) is 1. The molecule has 1 unspecified atom stereocenters. The van der Waals surface area contributed by atoms with Crippen LogP contribution >= 0.6 is 11.3 Å². The number of unbranched alkanes of at least 4 members (excludes halogenated alkanes) is 1. The summed E-state index contributed by atoms with van der Waals surface area (Å²) in [5.41, 5.74) is 1.19. The molecule has 1 heterocycles. The van der Waals surface area contributed by atoms with Crippen LogP contribution in [-0.2, 0) is 0 Å². The molecule has 0 saturated carbocycles. The van der Waals surface area contributed by atoms with E-state index in [0.29, 0.717) is 6.04 Å². The second kappa shape index (κ2) is 7.12. The van der Waals surface area contributed by atoms with Crippen LogP contribution in [0.5, 0.6) is 0 Å². The van der Waals surface area contributed by atoms with Gasteiger partial charge in [0, 0.05) is 10.9 Å². The first-order chi connectivity index (χ1) is 8.00. The molecular formula is C14H26N2S. The predicted octanol–water partition coefficient (Wildman–Crippen LogP) is 4.24. The van der Waals surface area contributed by atoms with Gasteiger partial charge in [-0.25, -0.2) is 4.98 Å². The Morgan fingerprint density at radius 3 is 2.41 bits per heavy atom. The largest absolute Gasteiger partial charge is 0.309 e. The summed E-state index contributed by atoms with van der Waals surface area (Å²) in [6.45, 7) is 12.1. The molecule has 0 radical (unpaired) electrons. The van der Waals surface area contributed by atoms with E-state index in [0.717, 1.165) is 12.5 Å². The van der Waals surface area contributed by atoms with Crippen molar-refractivity contribution in [3.63, 3.8) is 0 Å². The monoisotopic (exact) mass is 254 g/mol. The molecule has 1 aromatic heterocycles. The zero-order valence-corrected chi connectivity index (χ0v) is 12.7. The summed E-state index contributed by atoms with van der Waals surface area (Å²) in [6, 6.07) is 0.445. The molecule has 0 aromatic carbocycles. The average molecular weight is 254 g/mol. The van der Waals surface area contributed by atoms with Gasteiger partial charge >= 0.3 is 0 Å². The van der Waals surface area contributed by atoms with E-state index in [-0.39, 0.29) is 0 Å². The van der Waals surface area contributed by atoms with Gasteiger partial charge in [-0.3, -0.25) is 0 Å². The minimum Gasteiger partial charge on any atom is -0.309 e. The van der Waals surface area contributed by atoms with Gasteiger partial charge in [-0.2, -0.15) is 0 Å². The number of aryl methyl sites for hydroxylation is 2. The smallest absolute Gasteiger partial charge is 0.0900 e. The van der Waals surface area contributed by atoms with Crippen molar-refractivity contribution < 1.29 is 0 Å². The Bertz CT molecular complexity index is 331. The lowest BCUT2D eigenvalue weighted by Gasteiger charge is -2.13. The summed E-state index contributed by atoms with van der Waals surface area (Å²) >= 11 is 1.82.